The van der Waals surface area contributed by atoms with Gasteiger partial charge in [0.05, 0.1) is 6.73 Å². The Labute approximate surface area is 53.5 Å². The second-order valence-corrected chi connectivity index (χ2v) is 1.66. The van der Waals surface area contributed by atoms with E-state index in [1.54, 1.807) is 6.92 Å². The Balaban J connectivity index is 3.54. The van der Waals surface area contributed by atoms with E-state index in [-0.39, 0.29) is 6.73 Å². The first kappa shape index (κ1) is 8.39. The summed E-state index contributed by atoms with van der Waals surface area (Å²) in [6.07, 6.45) is 0.482. The summed E-state index contributed by atoms with van der Waals surface area (Å²) in [5, 5.41) is 19.0. The van der Waals surface area contributed by atoms with Crippen molar-refractivity contribution in [1.29, 1.82) is 0 Å². The summed E-state index contributed by atoms with van der Waals surface area (Å²) in [5.74, 6) is -0.924. The molecule has 9 heavy (non-hydrogen) atoms. The predicted molar refractivity (Wildman–Crippen MR) is 31.9 cm³/mol. The molecule has 0 aliphatic rings. The van der Waals surface area contributed by atoms with Gasteiger partial charge in [0.1, 0.15) is 6.04 Å². The standard InChI is InChI=1S/C5H11NO3/c1-2-4(5(8)9)6-3-7/h4,6-7H,2-3H2,1H3,(H,8,9). The van der Waals surface area contributed by atoms with E-state index in [1.165, 1.54) is 0 Å². The molecule has 0 saturated carbocycles. The van der Waals surface area contributed by atoms with E-state index in [9.17, 15) is 4.79 Å². The first-order chi connectivity index (χ1) is 4.22. The number of aliphatic hydroxyl groups is 1. The van der Waals surface area contributed by atoms with Gasteiger partial charge in [-0.15, -0.1) is 0 Å². The van der Waals surface area contributed by atoms with E-state index < -0.39 is 12.0 Å². The highest BCUT2D eigenvalue weighted by Crippen LogP contribution is 1.87. The van der Waals surface area contributed by atoms with Gasteiger partial charge >= 0.3 is 5.97 Å². The number of carboxylic acid groups (broad SMARTS) is 1. The Kier molecular flexibility index (Phi) is 4.00. The molecule has 0 saturated heterocycles. The Morgan fingerprint density at radius 2 is 2.33 bits per heavy atom. The Morgan fingerprint density at radius 1 is 1.78 bits per heavy atom. The number of carbonyl (C=O) groups is 1. The van der Waals surface area contributed by atoms with Crippen molar-refractivity contribution in [2.75, 3.05) is 6.73 Å². The van der Waals surface area contributed by atoms with Crippen LogP contribution in [0, 0.1) is 0 Å². The fraction of sp³-hybridized carbons (Fsp3) is 0.800. The van der Waals surface area contributed by atoms with Gasteiger partial charge in [0.15, 0.2) is 0 Å². The largest absolute Gasteiger partial charge is 0.480 e. The van der Waals surface area contributed by atoms with Crippen molar-refractivity contribution in [3.8, 4) is 0 Å². The molecule has 1 unspecified atom stereocenters. The number of rotatable bonds is 4. The third-order valence-electron chi connectivity index (χ3n) is 1.04. The second kappa shape index (κ2) is 4.29. The minimum absolute atomic E-state index is 0.287. The van der Waals surface area contributed by atoms with Crippen molar-refractivity contribution >= 4 is 5.97 Å². The number of hydrogen-bond acceptors (Lipinski definition) is 3. The molecule has 0 heterocycles. The molecule has 4 nitrogen and oxygen atoms in total. The highest BCUT2D eigenvalue weighted by molar-refractivity contribution is 5.73. The minimum atomic E-state index is -0.924. The summed E-state index contributed by atoms with van der Waals surface area (Å²) in [7, 11) is 0. The van der Waals surface area contributed by atoms with Gasteiger partial charge in [-0.25, -0.2) is 0 Å². The van der Waals surface area contributed by atoms with Crippen LogP contribution >= 0.6 is 0 Å². The van der Waals surface area contributed by atoms with Crippen molar-refractivity contribution in [2.24, 2.45) is 0 Å². The van der Waals surface area contributed by atoms with Gasteiger partial charge in [0.25, 0.3) is 0 Å². The van der Waals surface area contributed by atoms with E-state index in [1.807, 2.05) is 0 Å². The molecule has 4 heteroatoms. The van der Waals surface area contributed by atoms with Gasteiger partial charge < -0.3 is 10.2 Å². The van der Waals surface area contributed by atoms with Crippen LogP contribution in [0.25, 0.3) is 0 Å². The maximum atomic E-state index is 10.1. The van der Waals surface area contributed by atoms with E-state index in [2.05, 4.69) is 5.32 Å². The summed E-state index contributed by atoms with van der Waals surface area (Å²) >= 11 is 0. The van der Waals surface area contributed by atoms with E-state index in [4.69, 9.17) is 10.2 Å². The van der Waals surface area contributed by atoms with Crippen LogP contribution in [0.5, 0.6) is 0 Å². The third-order valence-corrected chi connectivity index (χ3v) is 1.04. The quantitative estimate of drug-likeness (QED) is 0.447. The minimum Gasteiger partial charge on any atom is -0.480 e. The van der Waals surface area contributed by atoms with E-state index in [0.717, 1.165) is 0 Å². The number of nitrogens with one attached hydrogen (secondary N) is 1. The Bertz CT molecular complexity index is 94.2. The molecule has 0 radical (unpaired) electrons. The molecule has 0 aliphatic heterocycles. The van der Waals surface area contributed by atoms with Gasteiger partial charge in [-0.2, -0.15) is 0 Å². The van der Waals surface area contributed by atoms with Crippen LogP contribution < -0.4 is 5.32 Å². The van der Waals surface area contributed by atoms with Gasteiger partial charge in [0, 0.05) is 0 Å². The van der Waals surface area contributed by atoms with Crippen LogP contribution in [-0.4, -0.2) is 29.0 Å². The monoisotopic (exact) mass is 133 g/mol. The number of aliphatic carboxylic acids is 1. The van der Waals surface area contributed by atoms with Crippen LogP contribution in [0.15, 0.2) is 0 Å². The molecular weight excluding hydrogens is 122 g/mol. The van der Waals surface area contributed by atoms with Gasteiger partial charge in [-0.1, -0.05) is 6.92 Å². The molecular formula is C5H11NO3. The molecule has 0 rings (SSSR count). The molecule has 0 spiro atoms. The zero-order chi connectivity index (χ0) is 7.28. The summed E-state index contributed by atoms with van der Waals surface area (Å²) in [4.78, 5) is 10.1. The summed E-state index contributed by atoms with van der Waals surface area (Å²) in [6.45, 7) is 1.45. The van der Waals surface area contributed by atoms with Crippen LogP contribution in [0.3, 0.4) is 0 Å². The van der Waals surface area contributed by atoms with E-state index in [0.29, 0.717) is 6.42 Å². The van der Waals surface area contributed by atoms with Crippen LogP contribution in [-0.2, 0) is 4.79 Å². The van der Waals surface area contributed by atoms with Crippen molar-refractivity contribution in [2.45, 2.75) is 19.4 Å². The topological polar surface area (TPSA) is 69.6 Å². The van der Waals surface area contributed by atoms with Crippen LogP contribution in [0.4, 0.5) is 0 Å². The lowest BCUT2D eigenvalue weighted by Crippen LogP contribution is -2.36. The zero-order valence-electron chi connectivity index (χ0n) is 5.29. The zero-order valence-corrected chi connectivity index (χ0v) is 5.29. The normalized spacial score (nSPS) is 13.1. The van der Waals surface area contributed by atoms with Crippen molar-refractivity contribution in [1.82, 2.24) is 5.32 Å². The highest BCUT2D eigenvalue weighted by atomic mass is 16.4. The first-order valence-electron chi connectivity index (χ1n) is 2.79. The van der Waals surface area contributed by atoms with Gasteiger partial charge in [-0.3, -0.25) is 10.1 Å². The fourth-order valence-electron chi connectivity index (χ4n) is 0.516. The summed E-state index contributed by atoms with van der Waals surface area (Å²) in [5.41, 5.74) is 0. The number of hydrogen-bond donors (Lipinski definition) is 3. The molecule has 0 aromatic heterocycles. The molecule has 0 aliphatic carbocycles. The molecule has 0 fully saturated rings. The average molecular weight is 133 g/mol. The number of aliphatic hydroxyl groups excluding tert-OH is 1. The Morgan fingerprint density at radius 3 is 2.44 bits per heavy atom. The highest BCUT2D eigenvalue weighted by Gasteiger charge is 2.11. The SMILES string of the molecule is CCC(NCO)C(=O)O. The smallest absolute Gasteiger partial charge is 0.320 e. The molecule has 1 atom stereocenters. The summed E-state index contributed by atoms with van der Waals surface area (Å²) < 4.78 is 0. The lowest BCUT2D eigenvalue weighted by atomic mass is 10.2. The Hall–Kier alpha value is -0.610. The molecule has 0 aromatic rings. The van der Waals surface area contributed by atoms with Crippen molar-refractivity contribution in [3.05, 3.63) is 0 Å². The molecule has 0 bridgehead atoms. The van der Waals surface area contributed by atoms with Gasteiger partial charge in [-0.05, 0) is 6.42 Å². The molecule has 0 amide bonds. The molecule has 3 N–H and O–H groups in total. The lowest BCUT2D eigenvalue weighted by molar-refractivity contribution is -0.139. The maximum absolute atomic E-state index is 10.1. The van der Waals surface area contributed by atoms with Gasteiger partial charge in [0.2, 0.25) is 0 Å². The molecule has 0 aromatic carbocycles. The average Bonchev–Trinajstić information content (AvgIpc) is 1.82. The maximum Gasteiger partial charge on any atom is 0.320 e. The fourth-order valence-corrected chi connectivity index (χ4v) is 0.516. The third kappa shape index (κ3) is 3.05. The predicted octanol–water partition coefficient (Wildman–Crippen LogP) is -0.611. The van der Waals surface area contributed by atoms with E-state index >= 15 is 0 Å². The lowest BCUT2D eigenvalue weighted by Gasteiger charge is -2.07. The number of carboxylic acids is 1. The van der Waals surface area contributed by atoms with Crippen LogP contribution in [0.1, 0.15) is 13.3 Å². The van der Waals surface area contributed by atoms with Crippen molar-refractivity contribution < 1.29 is 15.0 Å². The van der Waals surface area contributed by atoms with Crippen LogP contribution in [0.2, 0.25) is 0 Å². The molecule has 54 valence electrons. The second-order valence-electron chi connectivity index (χ2n) is 1.66. The van der Waals surface area contributed by atoms with Crippen molar-refractivity contribution in [3.63, 3.8) is 0 Å². The first-order valence-corrected chi connectivity index (χ1v) is 2.79. The summed E-state index contributed by atoms with van der Waals surface area (Å²) in [6, 6.07) is -0.616.